The number of piperidine rings is 1. The van der Waals surface area contributed by atoms with E-state index in [1.54, 1.807) is 19.2 Å². The van der Waals surface area contributed by atoms with E-state index < -0.39 is 12.1 Å². The lowest BCUT2D eigenvalue weighted by Crippen LogP contribution is -2.46. The van der Waals surface area contributed by atoms with Gasteiger partial charge in [0.25, 0.3) is 0 Å². The molecule has 30 heavy (non-hydrogen) atoms. The summed E-state index contributed by atoms with van der Waals surface area (Å²) in [4.78, 5) is 21.8. The molecule has 9 heteroatoms. The predicted molar refractivity (Wildman–Crippen MR) is 102 cm³/mol. The quantitative estimate of drug-likeness (QED) is 0.634. The van der Waals surface area contributed by atoms with Crippen LogP contribution in [0, 0.1) is 6.92 Å². The van der Waals surface area contributed by atoms with Gasteiger partial charge in [-0.05, 0) is 19.8 Å². The van der Waals surface area contributed by atoms with Gasteiger partial charge in [-0.3, -0.25) is 4.79 Å². The maximum atomic E-state index is 13.0. The molecule has 1 aliphatic rings. The molecule has 1 amide bonds. The Morgan fingerprint density at radius 1 is 1.23 bits per heavy atom. The van der Waals surface area contributed by atoms with E-state index >= 15 is 0 Å². The largest absolute Gasteiger partial charge is 0.471 e. The van der Waals surface area contributed by atoms with Gasteiger partial charge in [0.1, 0.15) is 0 Å². The lowest BCUT2D eigenvalue weighted by atomic mass is 9.91. The topological polar surface area (TPSA) is 72.1 Å². The molecule has 0 aliphatic carbocycles. The number of likely N-dealkylation sites (tertiary alicyclic amines) is 1. The Hall–Kier alpha value is -3.23. The fraction of sp³-hybridized carbons (Fsp3) is 0.333. The molecule has 1 fully saturated rings. The Morgan fingerprint density at radius 2 is 2.00 bits per heavy atom. The number of aromatic nitrogens is 3. The first-order valence-electron chi connectivity index (χ1n) is 9.55. The first-order chi connectivity index (χ1) is 14.3. The van der Waals surface area contributed by atoms with E-state index in [1.807, 2.05) is 30.3 Å². The number of carbonyl (C=O) groups excluding carboxylic acids is 1. The molecule has 0 bridgehead atoms. The number of alkyl halides is 3. The van der Waals surface area contributed by atoms with Crippen LogP contribution in [0.1, 0.15) is 30.1 Å². The summed E-state index contributed by atoms with van der Waals surface area (Å²) < 4.78 is 44.2. The van der Waals surface area contributed by atoms with Crippen molar-refractivity contribution < 1.29 is 22.5 Å². The van der Waals surface area contributed by atoms with Crippen molar-refractivity contribution in [2.45, 2.75) is 31.9 Å². The molecule has 4 rings (SSSR count). The maximum absolute atomic E-state index is 13.0. The molecule has 1 aromatic carbocycles. The highest BCUT2D eigenvalue weighted by Crippen LogP contribution is 2.35. The van der Waals surface area contributed by atoms with Crippen LogP contribution in [0.2, 0.25) is 0 Å². The SMILES string of the molecule is Cc1cc(-c2cnc(-c3ccccc3)nc2C2CCCN(C(=O)C(F)(F)F)C2)on1. The van der Waals surface area contributed by atoms with Crippen molar-refractivity contribution in [1.29, 1.82) is 0 Å². The van der Waals surface area contributed by atoms with Gasteiger partial charge in [0.2, 0.25) is 0 Å². The Balaban J connectivity index is 1.75. The van der Waals surface area contributed by atoms with Crippen LogP contribution in [0.15, 0.2) is 47.1 Å². The number of amides is 1. The normalized spacial score (nSPS) is 17.2. The second-order valence-electron chi connectivity index (χ2n) is 7.28. The second-order valence-corrected chi connectivity index (χ2v) is 7.28. The van der Waals surface area contributed by atoms with Crippen LogP contribution in [0.3, 0.4) is 0 Å². The molecule has 0 saturated carbocycles. The minimum atomic E-state index is -4.90. The molecule has 6 nitrogen and oxygen atoms in total. The fourth-order valence-electron chi connectivity index (χ4n) is 3.68. The van der Waals surface area contributed by atoms with Crippen LogP contribution < -0.4 is 0 Å². The maximum Gasteiger partial charge on any atom is 0.471 e. The fourth-order valence-corrected chi connectivity index (χ4v) is 3.68. The number of hydrogen-bond acceptors (Lipinski definition) is 5. The van der Waals surface area contributed by atoms with Crippen LogP contribution in [-0.4, -0.2) is 45.2 Å². The van der Waals surface area contributed by atoms with E-state index in [2.05, 4.69) is 10.1 Å². The summed E-state index contributed by atoms with van der Waals surface area (Å²) in [5, 5.41) is 3.89. The summed E-state index contributed by atoms with van der Waals surface area (Å²) >= 11 is 0. The molecule has 1 saturated heterocycles. The van der Waals surface area contributed by atoms with Crippen molar-refractivity contribution in [3.05, 3.63) is 54.0 Å². The Bertz CT molecular complexity index is 1050. The molecule has 2 aromatic heterocycles. The van der Waals surface area contributed by atoms with E-state index in [1.165, 1.54) is 0 Å². The van der Waals surface area contributed by atoms with Crippen LogP contribution in [-0.2, 0) is 4.79 Å². The van der Waals surface area contributed by atoms with Gasteiger partial charge in [-0.1, -0.05) is 35.5 Å². The smallest absolute Gasteiger partial charge is 0.356 e. The average Bonchev–Trinajstić information content (AvgIpc) is 3.19. The monoisotopic (exact) mass is 416 g/mol. The van der Waals surface area contributed by atoms with E-state index in [0.717, 1.165) is 10.5 Å². The van der Waals surface area contributed by atoms with Gasteiger partial charge < -0.3 is 9.42 Å². The summed E-state index contributed by atoms with van der Waals surface area (Å²) in [6, 6.07) is 11.0. The third-order valence-electron chi connectivity index (χ3n) is 5.08. The Morgan fingerprint density at radius 3 is 2.67 bits per heavy atom. The number of rotatable bonds is 3. The average molecular weight is 416 g/mol. The zero-order chi connectivity index (χ0) is 21.3. The molecule has 1 aliphatic heterocycles. The summed E-state index contributed by atoms with van der Waals surface area (Å²) in [6.45, 7) is 1.78. The molecule has 1 unspecified atom stereocenters. The van der Waals surface area contributed by atoms with Crippen LogP contribution in [0.5, 0.6) is 0 Å². The van der Waals surface area contributed by atoms with Crippen LogP contribution >= 0.6 is 0 Å². The van der Waals surface area contributed by atoms with Crippen molar-refractivity contribution in [1.82, 2.24) is 20.0 Å². The van der Waals surface area contributed by atoms with Gasteiger partial charge >= 0.3 is 12.1 Å². The van der Waals surface area contributed by atoms with Gasteiger partial charge in [-0.25, -0.2) is 9.97 Å². The predicted octanol–water partition coefficient (Wildman–Crippen LogP) is 4.38. The lowest BCUT2D eigenvalue weighted by Gasteiger charge is -2.33. The third-order valence-corrected chi connectivity index (χ3v) is 5.08. The highest BCUT2D eigenvalue weighted by molar-refractivity contribution is 5.82. The van der Waals surface area contributed by atoms with Crippen molar-refractivity contribution >= 4 is 5.91 Å². The molecule has 0 N–H and O–H groups in total. The highest BCUT2D eigenvalue weighted by atomic mass is 19.4. The minimum Gasteiger partial charge on any atom is -0.356 e. The van der Waals surface area contributed by atoms with Gasteiger partial charge in [0, 0.05) is 36.8 Å². The zero-order valence-corrected chi connectivity index (χ0v) is 16.2. The lowest BCUT2D eigenvalue weighted by molar-refractivity contribution is -0.186. The number of hydrogen-bond donors (Lipinski definition) is 0. The van der Waals surface area contributed by atoms with E-state index in [9.17, 15) is 18.0 Å². The number of aryl methyl sites for hydroxylation is 1. The summed E-state index contributed by atoms with van der Waals surface area (Å²) in [6.07, 6.45) is -2.23. The van der Waals surface area contributed by atoms with Gasteiger partial charge in [-0.2, -0.15) is 13.2 Å². The Kier molecular flexibility index (Phi) is 5.27. The second kappa shape index (κ2) is 7.89. The highest BCUT2D eigenvalue weighted by Gasteiger charge is 2.44. The van der Waals surface area contributed by atoms with Gasteiger partial charge in [-0.15, -0.1) is 0 Å². The van der Waals surface area contributed by atoms with E-state index in [4.69, 9.17) is 9.51 Å². The van der Waals surface area contributed by atoms with Crippen molar-refractivity contribution in [2.75, 3.05) is 13.1 Å². The third kappa shape index (κ3) is 4.05. The van der Waals surface area contributed by atoms with Crippen molar-refractivity contribution in [3.8, 4) is 22.7 Å². The molecule has 0 spiro atoms. The molecule has 0 radical (unpaired) electrons. The van der Waals surface area contributed by atoms with Crippen LogP contribution in [0.4, 0.5) is 13.2 Å². The van der Waals surface area contributed by atoms with E-state index in [-0.39, 0.29) is 19.0 Å². The summed E-state index contributed by atoms with van der Waals surface area (Å²) in [5.74, 6) is -1.29. The summed E-state index contributed by atoms with van der Waals surface area (Å²) in [5.41, 5.74) is 2.58. The molecular weight excluding hydrogens is 397 g/mol. The molecule has 156 valence electrons. The molecule has 3 heterocycles. The number of nitrogens with zero attached hydrogens (tertiary/aromatic N) is 4. The molecular formula is C21H19F3N4O2. The first kappa shape index (κ1) is 20.1. The molecule has 3 aromatic rings. The van der Waals surface area contributed by atoms with Gasteiger partial charge in [0.05, 0.1) is 17.0 Å². The number of carbonyl (C=O) groups is 1. The standard InChI is InChI=1S/C21H19F3N4O2/c1-13-10-17(30-27-13)16-11-25-19(14-6-3-2-4-7-14)26-18(16)15-8-5-9-28(12-15)20(29)21(22,23)24/h2-4,6-7,10-11,15H,5,8-9,12H2,1H3. The first-order valence-corrected chi connectivity index (χ1v) is 9.55. The Labute approximate surface area is 170 Å². The van der Waals surface area contributed by atoms with Gasteiger partial charge in [0.15, 0.2) is 11.6 Å². The van der Waals surface area contributed by atoms with Crippen molar-refractivity contribution in [2.24, 2.45) is 0 Å². The van der Waals surface area contributed by atoms with E-state index in [0.29, 0.717) is 41.4 Å². The van der Waals surface area contributed by atoms with Crippen LogP contribution in [0.25, 0.3) is 22.7 Å². The number of benzene rings is 1. The molecule has 1 atom stereocenters. The zero-order valence-electron chi connectivity index (χ0n) is 16.2. The van der Waals surface area contributed by atoms with Crippen molar-refractivity contribution in [3.63, 3.8) is 0 Å². The minimum absolute atomic E-state index is 0.0658. The number of halogens is 3. The summed E-state index contributed by atoms with van der Waals surface area (Å²) in [7, 11) is 0.